The zero-order valence-electron chi connectivity index (χ0n) is 9.82. The van der Waals surface area contributed by atoms with Gasteiger partial charge in [-0.2, -0.15) is 0 Å². The summed E-state index contributed by atoms with van der Waals surface area (Å²) in [6.07, 6.45) is 1.69. The Morgan fingerprint density at radius 3 is 2.38 bits per heavy atom. The summed E-state index contributed by atoms with van der Waals surface area (Å²) < 4.78 is 5.27. The summed E-state index contributed by atoms with van der Waals surface area (Å²) in [5.74, 6) is 0.381. The van der Waals surface area contributed by atoms with Gasteiger partial charge in [-0.1, -0.05) is 0 Å². The van der Waals surface area contributed by atoms with Crippen LogP contribution in [0.4, 0.5) is 0 Å². The van der Waals surface area contributed by atoms with E-state index in [0.29, 0.717) is 13.2 Å². The summed E-state index contributed by atoms with van der Waals surface area (Å²) in [5, 5.41) is 0. The smallest absolute Gasteiger partial charge is 0.166 e. The lowest BCUT2D eigenvalue weighted by Crippen LogP contribution is -2.23. The second kappa shape index (κ2) is 4.74. The van der Waals surface area contributed by atoms with E-state index in [1.54, 1.807) is 0 Å². The topological polar surface area (TPSA) is 39.2 Å². The average Bonchev–Trinajstić information content (AvgIpc) is 2.28. The third-order valence-corrected chi connectivity index (χ3v) is 2.96. The fraction of sp³-hybridized carbons (Fsp3) is 0.538. The van der Waals surface area contributed by atoms with E-state index in [1.807, 2.05) is 26.0 Å². The van der Waals surface area contributed by atoms with Crippen molar-refractivity contribution in [2.75, 3.05) is 13.2 Å². The van der Waals surface area contributed by atoms with Crippen molar-refractivity contribution in [2.45, 2.75) is 26.7 Å². The Morgan fingerprint density at radius 1 is 1.25 bits per heavy atom. The van der Waals surface area contributed by atoms with E-state index in [0.717, 1.165) is 29.8 Å². The second-order valence-corrected chi connectivity index (χ2v) is 4.39. The lowest BCUT2D eigenvalue weighted by atomic mass is 9.91. The maximum Gasteiger partial charge on any atom is 0.166 e. The van der Waals surface area contributed by atoms with Gasteiger partial charge in [0, 0.05) is 36.1 Å². The first kappa shape index (κ1) is 11.3. The maximum absolute atomic E-state index is 12.2. The Labute approximate surface area is 95.8 Å². The Balaban J connectivity index is 2.19. The first-order valence-electron chi connectivity index (χ1n) is 5.74. The van der Waals surface area contributed by atoms with Gasteiger partial charge in [0.15, 0.2) is 5.78 Å². The number of hydrogen-bond donors (Lipinski definition) is 0. The third kappa shape index (κ3) is 2.47. The Morgan fingerprint density at radius 2 is 1.81 bits per heavy atom. The minimum absolute atomic E-state index is 0.134. The number of carbonyl (C=O) groups excluding carboxylic acids is 1. The molecule has 1 aromatic rings. The van der Waals surface area contributed by atoms with Crippen molar-refractivity contribution < 1.29 is 9.53 Å². The van der Waals surface area contributed by atoms with Crippen molar-refractivity contribution in [3.8, 4) is 0 Å². The lowest BCUT2D eigenvalue weighted by Gasteiger charge is -2.21. The fourth-order valence-electron chi connectivity index (χ4n) is 2.17. The molecule has 2 heterocycles. The molecule has 3 heteroatoms. The van der Waals surface area contributed by atoms with Crippen molar-refractivity contribution in [1.82, 2.24) is 4.98 Å². The number of hydrogen-bond acceptors (Lipinski definition) is 3. The van der Waals surface area contributed by atoms with Crippen molar-refractivity contribution >= 4 is 5.78 Å². The molecule has 1 aromatic heterocycles. The standard InChI is InChI=1S/C13H17NO2/c1-9-7-12(8-10(2)14-9)13(15)11-3-5-16-6-4-11/h7-8,11H,3-6H2,1-2H3. The summed E-state index contributed by atoms with van der Waals surface area (Å²) in [4.78, 5) is 16.5. The monoisotopic (exact) mass is 219 g/mol. The number of ether oxygens (including phenoxy) is 1. The van der Waals surface area contributed by atoms with E-state index in [4.69, 9.17) is 4.74 Å². The number of nitrogens with zero attached hydrogens (tertiary/aromatic N) is 1. The van der Waals surface area contributed by atoms with Gasteiger partial charge in [0.2, 0.25) is 0 Å². The van der Waals surface area contributed by atoms with Crippen LogP contribution >= 0.6 is 0 Å². The molecule has 0 radical (unpaired) electrons. The molecule has 0 N–H and O–H groups in total. The van der Waals surface area contributed by atoms with Gasteiger partial charge in [0.25, 0.3) is 0 Å². The summed E-state index contributed by atoms with van der Waals surface area (Å²) in [7, 11) is 0. The molecule has 0 spiro atoms. The highest BCUT2D eigenvalue weighted by Gasteiger charge is 2.23. The predicted molar refractivity (Wildman–Crippen MR) is 61.6 cm³/mol. The summed E-state index contributed by atoms with van der Waals surface area (Å²) >= 11 is 0. The van der Waals surface area contributed by atoms with Gasteiger partial charge >= 0.3 is 0 Å². The van der Waals surface area contributed by atoms with E-state index in [1.165, 1.54) is 0 Å². The van der Waals surface area contributed by atoms with E-state index in [2.05, 4.69) is 4.98 Å². The van der Waals surface area contributed by atoms with Crippen LogP contribution in [0.25, 0.3) is 0 Å². The molecule has 0 saturated carbocycles. The normalized spacial score (nSPS) is 17.4. The molecule has 0 bridgehead atoms. The molecular weight excluding hydrogens is 202 g/mol. The summed E-state index contributed by atoms with van der Waals surface area (Å²) in [6, 6.07) is 3.76. The molecule has 1 saturated heterocycles. The van der Waals surface area contributed by atoms with Crippen molar-refractivity contribution in [2.24, 2.45) is 5.92 Å². The highest BCUT2D eigenvalue weighted by molar-refractivity contribution is 5.98. The van der Waals surface area contributed by atoms with Gasteiger partial charge in [-0.05, 0) is 38.8 Å². The van der Waals surface area contributed by atoms with Crippen LogP contribution in [0.3, 0.4) is 0 Å². The molecule has 2 rings (SSSR count). The highest BCUT2D eigenvalue weighted by atomic mass is 16.5. The van der Waals surface area contributed by atoms with E-state index in [-0.39, 0.29) is 11.7 Å². The number of Topliss-reactive ketones (excluding diaryl/α,β-unsaturated/α-hetero) is 1. The molecule has 0 unspecified atom stereocenters. The number of carbonyl (C=O) groups is 1. The number of pyridine rings is 1. The van der Waals surface area contributed by atoms with Crippen molar-refractivity contribution in [3.05, 3.63) is 29.1 Å². The zero-order chi connectivity index (χ0) is 11.5. The minimum atomic E-state index is 0.134. The SMILES string of the molecule is Cc1cc(C(=O)C2CCOCC2)cc(C)n1. The van der Waals surface area contributed by atoms with E-state index in [9.17, 15) is 4.79 Å². The average molecular weight is 219 g/mol. The fourth-order valence-corrected chi connectivity index (χ4v) is 2.17. The highest BCUT2D eigenvalue weighted by Crippen LogP contribution is 2.20. The molecule has 16 heavy (non-hydrogen) atoms. The first-order chi connectivity index (χ1) is 7.66. The van der Waals surface area contributed by atoms with Gasteiger partial charge in [-0.25, -0.2) is 0 Å². The first-order valence-corrected chi connectivity index (χ1v) is 5.74. The summed E-state index contributed by atoms with van der Waals surface area (Å²) in [6.45, 7) is 5.26. The van der Waals surface area contributed by atoms with Gasteiger partial charge in [-0.15, -0.1) is 0 Å². The van der Waals surface area contributed by atoms with Gasteiger partial charge < -0.3 is 4.74 Å². The molecule has 0 amide bonds. The van der Waals surface area contributed by atoms with Gasteiger partial charge in [-0.3, -0.25) is 9.78 Å². The molecule has 1 aliphatic heterocycles. The quantitative estimate of drug-likeness (QED) is 0.716. The predicted octanol–water partition coefficient (Wildman–Crippen LogP) is 2.31. The van der Waals surface area contributed by atoms with Gasteiger partial charge in [0.05, 0.1) is 0 Å². The van der Waals surface area contributed by atoms with Crippen molar-refractivity contribution in [1.29, 1.82) is 0 Å². The van der Waals surface area contributed by atoms with Crippen LogP contribution in [0.15, 0.2) is 12.1 Å². The Hall–Kier alpha value is -1.22. The Kier molecular flexibility index (Phi) is 3.34. The largest absolute Gasteiger partial charge is 0.381 e. The van der Waals surface area contributed by atoms with Crippen LogP contribution in [-0.4, -0.2) is 24.0 Å². The second-order valence-electron chi connectivity index (χ2n) is 4.39. The number of ketones is 1. The Bertz CT molecular complexity index is 375. The summed E-state index contributed by atoms with van der Waals surface area (Å²) in [5.41, 5.74) is 2.63. The lowest BCUT2D eigenvalue weighted by molar-refractivity contribution is 0.0544. The number of rotatable bonds is 2. The molecule has 0 aliphatic carbocycles. The van der Waals surface area contributed by atoms with Crippen LogP contribution in [0.2, 0.25) is 0 Å². The van der Waals surface area contributed by atoms with Crippen LogP contribution < -0.4 is 0 Å². The minimum Gasteiger partial charge on any atom is -0.381 e. The van der Waals surface area contributed by atoms with Crippen LogP contribution in [0, 0.1) is 19.8 Å². The molecule has 3 nitrogen and oxygen atoms in total. The number of aromatic nitrogens is 1. The molecule has 0 atom stereocenters. The van der Waals surface area contributed by atoms with E-state index < -0.39 is 0 Å². The third-order valence-electron chi connectivity index (χ3n) is 2.96. The van der Waals surface area contributed by atoms with Gasteiger partial charge in [0.1, 0.15) is 0 Å². The van der Waals surface area contributed by atoms with Crippen LogP contribution in [0.5, 0.6) is 0 Å². The molecule has 1 aliphatic rings. The molecule has 86 valence electrons. The van der Waals surface area contributed by atoms with Crippen LogP contribution in [-0.2, 0) is 4.74 Å². The number of aryl methyl sites for hydroxylation is 2. The molecule has 1 fully saturated rings. The van der Waals surface area contributed by atoms with Crippen LogP contribution in [0.1, 0.15) is 34.6 Å². The van der Waals surface area contributed by atoms with Crippen molar-refractivity contribution in [3.63, 3.8) is 0 Å². The maximum atomic E-state index is 12.2. The zero-order valence-corrected chi connectivity index (χ0v) is 9.82. The molecule has 0 aromatic carbocycles. The van der Waals surface area contributed by atoms with E-state index >= 15 is 0 Å². The molecular formula is C13H17NO2.